The van der Waals surface area contributed by atoms with E-state index in [0.29, 0.717) is 65.0 Å². The van der Waals surface area contributed by atoms with Crippen molar-refractivity contribution in [2.75, 3.05) is 39.3 Å². The van der Waals surface area contributed by atoms with Crippen LogP contribution in [0.4, 0.5) is 0 Å². The van der Waals surface area contributed by atoms with Crippen molar-refractivity contribution >= 4 is 11.8 Å². The van der Waals surface area contributed by atoms with Gasteiger partial charge < -0.3 is 31.1 Å². The smallest absolute Gasteiger partial charge is 0.243 e. The molecule has 10 nitrogen and oxygen atoms in total. The maximum Gasteiger partial charge on any atom is 0.243 e. The number of carbonyl (C=O) groups is 2. The van der Waals surface area contributed by atoms with E-state index in [-0.39, 0.29) is 29.6 Å². The summed E-state index contributed by atoms with van der Waals surface area (Å²) in [6.45, 7) is 17.2. The van der Waals surface area contributed by atoms with Crippen molar-refractivity contribution in [3.8, 4) is 0 Å². The average molecular weight is 933 g/mol. The SMILES string of the molecule is CC/C=C\C/C=C\C/C=C\C(C)C(O)CN(CCCCC1NC(=O)C(CCCCN(CC(O)C(C)/C=C\C/C=C\C/C=C\CC)CC(O)C(C)/C=C\C/C=C\C/C=C\CC)NC1=O)CC(C)O. The Hall–Kier alpha value is -3.64. The first-order valence-corrected chi connectivity index (χ1v) is 26.0. The van der Waals surface area contributed by atoms with Crippen LogP contribution in [0.5, 0.6) is 0 Å². The van der Waals surface area contributed by atoms with Crippen molar-refractivity contribution in [3.63, 3.8) is 0 Å². The van der Waals surface area contributed by atoms with Crippen molar-refractivity contribution in [2.24, 2.45) is 17.8 Å². The summed E-state index contributed by atoms with van der Waals surface area (Å²) in [5, 5.41) is 49.6. The van der Waals surface area contributed by atoms with Gasteiger partial charge in [0.1, 0.15) is 12.1 Å². The maximum atomic E-state index is 13.2. The van der Waals surface area contributed by atoms with Gasteiger partial charge in [0.25, 0.3) is 0 Å². The number of amides is 2. The molecular weight excluding hydrogens is 837 g/mol. The van der Waals surface area contributed by atoms with Gasteiger partial charge in [-0.05, 0) is 116 Å². The van der Waals surface area contributed by atoms with Crippen LogP contribution in [0.25, 0.3) is 0 Å². The highest BCUT2D eigenvalue weighted by atomic mass is 16.3. The van der Waals surface area contributed by atoms with Gasteiger partial charge in [-0.2, -0.15) is 0 Å². The highest BCUT2D eigenvalue weighted by Crippen LogP contribution is 2.16. The van der Waals surface area contributed by atoms with Gasteiger partial charge in [0.05, 0.1) is 24.4 Å². The lowest BCUT2D eigenvalue weighted by Gasteiger charge is -2.31. The lowest BCUT2D eigenvalue weighted by molar-refractivity contribution is -0.137. The number of nitrogens with zero attached hydrogens (tertiary/aromatic N) is 2. The maximum absolute atomic E-state index is 13.2. The first kappa shape index (κ1) is 61.4. The Morgan fingerprint density at radius 3 is 1.01 bits per heavy atom. The number of unbranched alkanes of at least 4 members (excludes halogenated alkanes) is 2. The third-order valence-corrected chi connectivity index (χ3v) is 12.0. The van der Waals surface area contributed by atoms with E-state index in [1.807, 2.05) is 26.8 Å². The topological polar surface area (TPSA) is 146 Å². The minimum Gasteiger partial charge on any atom is -0.392 e. The van der Waals surface area contributed by atoms with Gasteiger partial charge in [0.2, 0.25) is 11.8 Å². The van der Waals surface area contributed by atoms with Crippen LogP contribution in [0.2, 0.25) is 0 Å². The molecule has 0 aliphatic carbocycles. The van der Waals surface area contributed by atoms with Crippen LogP contribution in [0, 0.1) is 17.8 Å². The number of piperazine rings is 1. The number of rotatable bonds is 39. The van der Waals surface area contributed by atoms with Gasteiger partial charge in [0.15, 0.2) is 0 Å². The first-order valence-electron chi connectivity index (χ1n) is 26.0. The highest BCUT2D eigenvalue weighted by Gasteiger charge is 2.33. The zero-order valence-corrected chi connectivity index (χ0v) is 42.9. The van der Waals surface area contributed by atoms with Crippen molar-refractivity contribution in [1.82, 2.24) is 20.4 Å². The number of nitrogens with one attached hydrogen (secondary N) is 2. The molecule has 6 N–H and O–H groups in total. The molecule has 1 aliphatic heterocycles. The second-order valence-corrected chi connectivity index (χ2v) is 18.5. The Kier molecular flexibility index (Phi) is 36.9. The fourth-order valence-electron chi connectivity index (χ4n) is 7.73. The predicted octanol–water partition coefficient (Wildman–Crippen LogP) is 9.86. The van der Waals surface area contributed by atoms with Crippen molar-refractivity contribution in [1.29, 1.82) is 0 Å². The molecule has 1 heterocycles. The van der Waals surface area contributed by atoms with Crippen LogP contribution in [0.15, 0.2) is 109 Å². The minimum absolute atomic E-state index is 0.0337. The zero-order valence-electron chi connectivity index (χ0n) is 42.9. The lowest BCUT2D eigenvalue weighted by atomic mass is 9.99. The molecule has 0 saturated carbocycles. The molecule has 0 bridgehead atoms. The highest BCUT2D eigenvalue weighted by molar-refractivity contribution is 5.96. The number of carbonyl (C=O) groups excluding carboxylic acids is 2. The quantitative estimate of drug-likeness (QED) is 0.0264. The second-order valence-electron chi connectivity index (χ2n) is 18.5. The summed E-state index contributed by atoms with van der Waals surface area (Å²) in [4.78, 5) is 30.6. The molecule has 0 radical (unpaired) electrons. The molecule has 9 atom stereocenters. The Morgan fingerprint density at radius 1 is 0.433 bits per heavy atom. The summed E-state index contributed by atoms with van der Waals surface area (Å²) in [7, 11) is 0. The van der Waals surface area contributed by atoms with E-state index in [4.69, 9.17) is 0 Å². The summed E-state index contributed by atoms with van der Waals surface area (Å²) in [6, 6.07) is -1.19. The van der Waals surface area contributed by atoms with Crippen LogP contribution >= 0.6 is 0 Å². The number of allylic oxidation sites excluding steroid dienone is 15. The van der Waals surface area contributed by atoms with Crippen molar-refractivity contribution in [2.45, 2.75) is 181 Å². The van der Waals surface area contributed by atoms with Gasteiger partial charge in [-0.15, -0.1) is 0 Å². The molecule has 1 fully saturated rings. The van der Waals surface area contributed by atoms with E-state index in [2.05, 4.69) is 144 Å². The van der Waals surface area contributed by atoms with Gasteiger partial charge in [-0.25, -0.2) is 0 Å². The van der Waals surface area contributed by atoms with Crippen LogP contribution in [0.3, 0.4) is 0 Å². The number of aliphatic hydroxyl groups is 4. The molecule has 0 aromatic carbocycles. The van der Waals surface area contributed by atoms with E-state index in [1.54, 1.807) is 6.92 Å². The summed E-state index contributed by atoms with van der Waals surface area (Å²) < 4.78 is 0. The Bertz CT molecular complexity index is 1490. The normalized spacial score (nSPS) is 19.8. The van der Waals surface area contributed by atoms with Gasteiger partial charge in [-0.1, -0.05) is 151 Å². The molecule has 380 valence electrons. The van der Waals surface area contributed by atoms with Crippen LogP contribution in [0.1, 0.15) is 145 Å². The minimum atomic E-state index is -0.613. The fourth-order valence-corrected chi connectivity index (χ4v) is 7.73. The molecule has 10 heteroatoms. The van der Waals surface area contributed by atoms with E-state index < -0.39 is 36.5 Å². The second kappa shape index (κ2) is 40.3. The standard InChI is InChI=1S/C57H96N4O6/c1-8-11-14-17-20-23-26-29-36-47(4)53(63)44-60(43-50(7)62)41-34-32-39-51-56(66)59-52(57(67)58-51)40-33-35-42-61(45-54(64)48(5)37-30-27-24-21-18-15-12-9-2)46-55(65)49(6)38-31-28-25-22-19-16-13-10-3/h11-16,20-25,29-31,36-38,47-55,62-65H,8-10,17-19,26-28,32-35,39-46H2,1-7H3,(H,58,67)(H,59,66)/b14-11-,15-12-,16-13-,23-20-,24-21-,25-22-,36-29-,37-30-,38-31-. The third kappa shape index (κ3) is 31.9. The molecule has 1 rings (SSSR count). The largest absolute Gasteiger partial charge is 0.392 e. The van der Waals surface area contributed by atoms with Crippen molar-refractivity contribution in [3.05, 3.63) is 109 Å². The van der Waals surface area contributed by atoms with E-state index in [9.17, 15) is 30.0 Å². The van der Waals surface area contributed by atoms with Gasteiger partial charge in [0, 0.05) is 43.9 Å². The van der Waals surface area contributed by atoms with Crippen molar-refractivity contribution < 1.29 is 30.0 Å². The van der Waals surface area contributed by atoms with E-state index in [0.717, 1.165) is 70.6 Å². The third-order valence-electron chi connectivity index (χ3n) is 12.0. The van der Waals surface area contributed by atoms with Crippen LogP contribution in [-0.2, 0) is 9.59 Å². The summed E-state index contributed by atoms with van der Waals surface area (Å²) in [6.07, 6.45) is 48.2. The molecule has 0 aromatic rings. The van der Waals surface area contributed by atoms with Crippen LogP contribution < -0.4 is 10.6 Å². The van der Waals surface area contributed by atoms with Gasteiger partial charge in [-0.3, -0.25) is 19.4 Å². The van der Waals surface area contributed by atoms with Gasteiger partial charge >= 0.3 is 0 Å². The summed E-state index contributed by atoms with van der Waals surface area (Å²) >= 11 is 0. The number of aliphatic hydroxyl groups excluding tert-OH is 4. The molecule has 2 amide bonds. The molecule has 67 heavy (non-hydrogen) atoms. The number of hydrogen-bond acceptors (Lipinski definition) is 8. The van der Waals surface area contributed by atoms with Crippen LogP contribution in [-0.4, -0.2) is 118 Å². The van der Waals surface area contributed by atoms with E-state index in [1.165, 1.54) is 0 Å². The molecule has 9 unspecified atom stereocenters. The molecular formula is C57H96N4O6. The summed E-state index contributed by atoms with van der Waals surface area (Å²) in [5.41, 5.74) is 0. The Morgan fingerprint density at radius 2 is 0.716 bits per heavy atom. The number of hydrogen-bond donors (Lipinski definition) is 6. The molecule has 0 aromatic heterocycles. The zero-order chi connectivity index (χ0) is 49.5. The molecule has 0 spiro atoms. The fraction of sp³-hybridized carbons (Fsp3) is 0.649. The first-order chi connectivity index (χ1) is 32.3. The average Bonchev–Trinajstić information content (AvgIpc) is 3.29. The molecule has 1 saturated heterocycles. The summed E-state index contributed by atoms with van der Waals surface area (Å²) in [5.74, 6) is -0.497. The Labute approximate surface area is 408 Å². The lowest BCUT2D eigenvalue weighted by Crippen LogP contribution is -2.61. The Balaban J connectivity index is 2.71. The monoisotopic (exact) mass is 933 g/mol. The predicted molar refractivity (Wildman–Crippen MR) is 282 cm³/mol. The molecule has 1 aliphatic rings. The van der Waals surface area contributed by atoms with E-state index >= 15 is 0 Å².